The maximum absolute atomic E-state index is 11.8. The summed E-state index contributed by atoms with van der Waals surface area (Å²) in [6.45, 7) is 0. The second kappa shape index (κ2) is 7.02. The molecule has 1 N–H and O–H groups in total. The molecule has 0 amide bonds. The number of aromatic nitrogens is 3. The number of pyridine rings is 1. The van der Waals surface area contributed by atoms with Crippen LogP contribution in [0.3, 0.4) is 0 Å². The standard InChI is InChI=1S/C16H15ClN4O4S/c1-21(2)12-6-3-10(4-7-12)15-19-20-16(25-15)14(26(22,23)24)11-5-8-13(17)18-9-11/h3-9,14H,1-2H3,(H,22,23,24). The van der Waals surface area contributed by atoms with Gasteiger partial charge in [0.1, 0.15) is 5.15 Å². The zero-order chi connectivity index (χ0) is 18.9. The second-order valence-electron chi connectivity index (χ2n) is 5.70. The number of nitrogens with zero attached hydrogens (tertiary/aromatic N) is 4. The van der Waals surface area contributed by atoms with Crippen molar-refractivity contribution in [3.05, 3.63) is 59.2 Å². The molecule has 0 saturated heterocycles. The monoisotopic (exact) mass is 394 g/mol. The van der Waals surface area contributed by atoms with Crippen LogP contribution in [0.5, 0.6) is 0 Å². The van der Waals surface area contributed by atoms with E-state index in [4.69, 9.17) is 16.0 Å². The lowest BCUT2D eigenvalue weighted by Gasteiger charge is -2.11. The van der Waals surface area contributed by atoms with Crippen LogP contribution in [0.1, 0.15) is 16.7 Å². The minimum atomic E-state index is -4.56. The molecule has 0 saturated carbocycles. The Hall–Kier alpha value is -2.49. The Morgan fingerprint density at radius 3 is 2.35 bits per heavy atom. The molecule has 8 nitrogen and oxygen atoms in total. The number of rotatable bonds is 5. The first-order valence-corrected chi connectivity index (χ1v) is 9.33. The Bertz CT molecular complexity index is 1000. The first-order chi connectivity index (χ1) is 12.3. The summed E-state index contributed by atoms with van der Waals surface area (Å²) in [5, 5.41) is 6.32. The van der Waals surface area contributed by atoms with Crippen molar-refractivity contribution in [2.24, 2.45) is 0 Å². The van der Waals surface area contributed by atoms with Crippen LogP contribution < -0.4 is 4.90 Å². The number of halogens is 1. The maximum atomic E-state index is 11.8. The summed E-state index contributed by atoms with van der Waals surface area (Å²) in [7, 11) is -0.730. The van der Waals surface area contributed by atoms with Crippen LogP contribution in [0.2, 0.25) is 5.15 Å². The van der Waals surface area contributed by atoms with Gasteiger partial charge in [-0.1, -0.05) is 17.7 Å². The Morgan fingerprint density at radius 1 is 1.12 bits per heavy atom. The third-order valence-corrected chi connectivity index (χ3v) is 4.94. The Labute approximate surface area is 155 Å². The predicted molar refractivity (Wildman–Crippen MR) is 96.7 cm³/mol. The van der Waals surface area contributed by atoms with Crippen molar-refractivity contribution in [3.63, 3.8) is 0 Å². The molecule has 3 rings (SSSR count). The zero-order valence-electron chi connectivity index (χ0n) is 13.9. The molecular formula is C16H15ClN4O4S. The molecule has 26 heavy (non-hydrogen) atoms. The van der Waals surface area contributed by atoms with E-state index in [1.165, 1.54) is 18.3 Å². The molecule has 1 atom stereocenters. The van der Waals surface area contributed by atoms with Crippen LogP contribution in [0, 0.1) is 0 Å². The van der Waals surface area contributed by atoms with Crippen LogP contribution >= 0.6 is 11.6 Å². The van der Waals surface area contributed by atoms with Crippen LogP contribution in [0.4, 0.5) is 5.69 Å². The van der Waals surface area contributed by atoms with Gasteiger partial charge >= 0.3 is 0 Å². The summed E-state index contributed by atoms with van der Waals surface area (Å²) in [5.41, 5.74) is 1.77. The normalized spacial score (nSPS) is 12.8. The molecular weight excluding hydrogens is 380 g/mol. The minimum absolute atomic E-state index is 0.140. The van der Waals surface area contributed by atoms with Crippen LogP contribution in [0.15, 0.2) is 47.0 Å². The Morgan fingerprint density at radius 2 is 1.81 bits per heavy atom. The molecule has 2 aromatic heterocycles. The van der Waals surface area contributed by atoms with Crippen molar-refractivity contribution < 1.29 is 17.4 Å². The first-order valence-electron chi connectivity index (χ1n) is 7.44. The summed E-state index contributed by atoms with van der Waals surface area (Å²) >= 11 is 5.72. The summed E-state index contributed by atoms with van der Waals surface area (Å²) in [5.74, 6) is -0.121. The summed E-state index contributed by atoms with van der Waals surface area (Å²) in [6.07, 6.45) is 1.23. The highest BCUT2D eigenvalue weighted by molar-refractivity contribution is 7.86. The largest absolute Gasteiger partial charge is 0.419 e. The molecule has 0 fully saturated rings. The Kier molecular flexibility index (Phi) is 4.94. The van der Waals surface area contributed by atoms with Crippen LogP contribution in [-0.4, -0.2) is 42.2 Å². The van der Waals surface area contributed by atoms with Crippen molar-refractivity contribution in [2.75, 3.05) is 19.0 Å². The molecule has 0 bridgehead atoms. The van der Waals surface area contributed by atoms with E-state index < -0.39 is 15.4 Å². The third kappa shape index (κ3) is 3.85. The van der Waals surface area contributed by atoms with E-state index in [0.717, 1.165) is 5.69 Å². The average Bonchev–Trinajstić information content (AvgIpc) is 3.05. The second-order valence-corrected chi connectivity index (χ2v) is 7.58. The molecule has 0 aliphatic carbocycles. The van der Waals surface area contributed by atoms with Gasteiger partial charge in [-0.05, 0) is 30.3 Å². The summed E-state index contributed by atoms with van der Waals surface area (Å²) in [6, 6.07) is 10.1. The van der Waals surface area contributed by atoms with E-state index in [9.17, 15) is 13.0 Å². The van der Waals surface area contributed by atoms with Gasteiger partial charge < -0.3 is 9.32 Å². The zero-order valence-corrected chi connectivity index (χ0v) is 15.4. The van der Waals surface area contributed by atoms with E-state index >= 15 is 0 Å². The van der Waals surface area contributed by atoms with Gasteiger partial charge in [-0.3, -0.25) is 4.55 Å². The lowest BCUT2D eigenvalue weighted by atomic mass is 10.2. The number of hydrogen-bond acceptors (Lipinski definition) is 7. The highest BCUT2D eigenvalue weighted by atomic mass is 35.5. The smallest absolute Gasteiger partial charge is 0.281 e. The fourth-order valence-corrected chi connectivity index (χ4v) is 3.29. The average molecular weight is 395 g/mol. The molecule has 0 aliphatic rings. The van der Waals surface area contributed by atoms with E-state index in [2.05, 4.69) is 15.2 Å². The van der Waals surface area contributed by atoms with Gasteiger partial charge in [-0.25, -0.2) is 4.98 Å². The summed E-state index contributed by atoms with van der Waals surface area (Å²) in [4.78, 5) is 5.76. The van der Waals surface area contributed by atoms with Crippen molar-refractivity contribution in [1.29, 1.82) is 0 Å². The Balaban J connectivity index is 1.98. The van der Waals surface area contributed by atoms with Crippen molar-refractivity contribution in [1.82, 2.24) is 15.2 Å². The van der Waals surface area contributed by atoms with Gasteiger partial charge in [0.25, 0.3) is 10.1 Å². The van der Waals surface area contributed by atoms with Gasteiger partial charge in [-0.2, -0.15) is 8.42 Å². The molecule has 0 aliphatic heterocycles. The third-order valence-electron chi connectivity index (χ3n) is 3.65. The van der Waals surface area contributed by atoms with Gasteiger partial charge in [0.2, 0.25) is 11.8 Å². The minimum Gasteiger partial charge on any atom is -0.419 e. The maximum Gasteiger partial charge on any atom is 0.281 e. The molecule has 136 valence electrons. The molecule has 3 aromatic rings. The number of anilines is 1. The number of hydrogen-bond donors (Lipinski definition) is 1. The fraction of sp³-hybridized carbons (Fsp3) is 0.188. The molecule has 2 heterocycles. The first kappa shape index (κ1) is 18.3. The van der Waals surface area contributed by atoms with E-state index in [1.807, 2.05) is 31.1 Å². The lowest BCUT2D eigenvalue weighted by molar-refractivity contribution is 0.450. The van der Waals surface area contributed by atoms with Crippen LogP contribution in [-0.2, 0) is 10.1 Å². The summed E-state index contributed by atoms with van der Waals surface area (Å²) < 4.78 is 38.8. The highest BCUT2D eigenvalue weighted by Crippen LogP contribution is 2.31. The fourth-order valence-electron chi connectivity index (χ4n) is 2.34. The highest BCUT2D eigenvalue weighted by Gasteiger charge is 2.33. The van der Waals surface area contributed by atoms with E-state index in [-0.39, 0.29) is 22.5 Å². The molecule has 1 aromatic carbocycles. The van der Waals surface area contributed by atoms with Gasteiger partial charge in [0.15, 0.2) is 5.25 Å². The quantitative estimate of drug-likeness (QED) is 0.519. The molecule has 10 heteroatoms. The van der Waals surface area contributed by atoms with E-state index in [0.29, 0.717) is 5.56 Å². The van der Waals surface area contributed by atoms with Crippen molar-refractivity contribution >= 4 is 27.4 Å². The van der Waals surface area contributed by atoms with Gasteiger partial charge in [0, 0.05) is 37.1 Å². The topological polar surface area (TPSA) is 109 Å². The predicted octanol–water partition coefficient (Wildman–Crippen LogP) is 2.83. The van der Waals surface area contributed by atoms with E-state index in [1.54, 1.807) is 12.1 Å². The number of benzene rings is 1. The van der Waals surface area contributed by atoms with Gasteiger partial charge in [-0.15, -0.1) is 10.2 Å². The molecule has 1 unspecified atom stereocenters. The lowest BCUT2D eigenvalue weighted by Crippen LogP contribution is -2.14. The van der Waals surface area contributed by atoms with Crippen molar-refractivity contribution in [2.45, 2.75) is 5.25 Å². The van der Waals surface area contributed by atoms with Crippen molar-refractivity contribution in [3.8, 4) is 11.5 Å². The molecule has 0 radical (unpaired) electrons. The SMILES string of the molecule is CN(C)c1ccc(-c2nnc(C(c3ccc(Cl)nc3)S(=O)(=O)O)o2)cc1. The van der Waals surface area contributed by atoms with Gasteiger partial charge in [0.05, 0.1) is 0 Å². The van der Waals surface area contributed by atoms with Crippen LogP contribution in [0.25, 0.3) is 11.5 Å². The molecule has 0 spiro atoms.